The van der Waals surface area contributed by atoms with E-state index in [0.29, 0.717) is 18.4 Å². The fourth-order valence-electron chi connectivity index (χ4n) is 3.08. The number of ether oxygens (including phenoxy) is 1. The zero-order chi connectivity index (χ0) is 17.6. The Morgan fingerprint density at radius 2 is 2.08 bits per heavy atom. The van der Waals surface area contributed by atoms with Crippen LogP contribution in [0.15, 0.2) is 29.4 Å². The van der Waals surface area contributed by atoms with Crippen molar-refractivity contribution in [2.45, 2.75) is 43.8 Å². The SMILES string of the molecule is CCOc1ccccc1-c1nnc(SCC(=O)NC2CCCC2)n1C. The lowest BCUT2D eigenvalue weighted by molar-refractivity contribution is -0.119. The van der Waals surface area contributed by atoms with E-state index in [1.165, 1.54) is 24.6 Å². The minimum Gasteiger partial charge on any atom is -0.493 e. The maximum Gasteiger partial charge on any atom is 0.230 e. The smallest absolute Gasteiger partial charge is 0.230 e. The minimum atomic E-state index is 0.0659. The third kappa shape index (κ3) is 4.34. The molecule has 1 fully saturated rings. The fourth-order valence-corrected chi connectivity index (χ4v) is 3.80. The molecular weight excluding hydrogens is 336 g/mol. The Kier molecular flexibility index (Phi) is 5.96. The maximum absolute atomic E-state index is 12.1. The summed E-state index contributed by atoms with van der Waals surface area (Å²) >= 11 is 1.41. The van der Waals surface area contributed by atoms with E-state index in [1.807, 2.05) is 42.8 Å². The molecule has 1 amide bonds. The molecule has 0 bridgehead atoms. The van der Waals surface area contributed by atoms with Gasteiger partial charge in [0.1, 0.15) is 5.75 Å². The van der Waals surface area contributed by atoms with Crippen molar-refractivity contribution in [1.29, 1.82) is 0 Å². The molecule has 0 atom stereocenters. The van der Waals surface area contributed by atoms with E-state index in [4.69, 9.17) is 4.74 Å². The second kappa shape index (κ2) is 8.38. The lowest BCUT2D eigenvalue weighted by Crippen LogP contribution is -2.33. The first-order valence-electron chi connectivity index (χ1n) is 8.72. The van der Waals surface area contributed by atoms with E-state index in [1.54, 1.807) is 0 Å². The zero-order valence-electron chi connectivity index (χ0n) is 14.7. The van der Waals surface area contributed by atoms with E-state index in [2.05, 4.69) is 15.5 Å². The summed E-state index contributed by atoms with van der Waals surface area (Å²) in [6, 6.07) is 8.13. The van der Waals surface area contributed by atoms with Crippen molar-refractivity contribution in [3.05, 3.63) is 24.3 Å². The Morgan fingerprint density at radius 1 is 1.32 bits per heavy atom. The first-order valence-corrected chi connectivity index (χ1v) is 9.71. The molecule has 0 spiro atoms. The van der Waals surface area contributed by atoms with Gasteiger partial charge >= 0.3 is 0 Å². The molecule has 1 aliphatic carbocycles. The van der Waals surface area contributed by atoms with Crippen LogP contribution in [0.25, 0.3) is 11.4 Å². The molecule has 0 aliphatic heterocycles. The fraction of sp³-hybridized carbons (Fsp3) is 0.500. The van der Waals surface area contributed by atoms with E-state index >= 15 is 0 Å². The molecule has 1 aromatic heterocycles. The average molecular weight is 360 g/mol. The van der Waals surface area contributed by atoms with Gasteiger partial charge in [0.05, 0.1) is 17.9 Å². The van der Waals surface area contributed by atoms with E-state index in [0.717, 1.165) is 35.1 Å². The summed E-state index contributed by atoms with van der Waals surface area (Å²) < 4.78 is 7.58. The van der Waals surface area contributed by atoms with Crippen molar-refractivity contribution >= 4 is 17.7 Å². The molecule has 1 N–H and O–H groups in total. The van der Waals surface area contributed by atoms with Crippen LogP contribution in [0.2, 0.25) is 0 Å². The summed E-state index contributed by atoms with van der Waals surface area (Å²) in [7, 11) is 1.91. The number of amides is 1. The molecule has 2 aromatic rings. The van der Waals surface area contributed by atoms with Crippen molar-refractivity contribution < 1.29 is 9.53 Å². The Labute approximate surface area is 152 Å². The summed E-state index contributed by atoms with van der Waals surface area (Å²) in [5, 5.41) is 12.3. The Morgan fingerprint density at radius 3 is 2.84 bits per heavy atom. The molecule has 0 unspecified atom stereocenters. The molecule has 25 heavy (non-hydrogen) atoms. The van der Waals surface area contributed by atoms with Gasteiger partial charge in [-0.15, -0.1) is 10.2 Å². The van der Waals surface area contributed by atoms with E-state index < -0.39 is 0 Å². The third-order valence-electron chi connectivity index (χ3n) is 4.32. The van der Waals surface area contributed by atoms with Crippen LogP contribution in [-0.2, 0) is 11.8 Å². The second-order valence-electron chi connectivity index (χ2n) is 6.13. The largest absolute Gasteiger partial charge is 0.493 e. The van der Waals surface area contributed by atoms with Gasteiger partial charge in [0.25, 0.3) is 0 Å². The van der Waals surface area contributed by atoms with Gasteiger partial charge in [-0.25, -0.2) is 0 Å². The van der Waals surface area contributed by atoms with Crippen molar-refractivity contribution in [2.24, 2.45) is 7.05 Å². The van der Waals surface area contributed by atoms with Crippen LogP contribution >= 0.6 is 11.8 Å². The van der Waals surface area contributed by atoms with Crippen LogP contribution in [0.5, 0.6) is 5.75 Å². The molecule has 7 heteroatoms. The van der Waals surface area contributed by atoms with Gasteiger partial charge in [0.2, 0.25) is 5.91 Å². The summed E-state index contributed by atoms with van der Waals surface area (Å²) in [5.74, 6) is 1.95. The summed E-state index contributed by atoms with van der Waals surface area (Å²) in [5.41, 5.74) is 0.904. The molecule has 1 aliphatic rings. The normalized spacial score (nSPS) is 14.6. The van der Waals surface area contributed by atoms with E-state index in [9.17, 15) is 4.79 Å². The van der Waals surface area contributed by atoms with Crippen molar-refractivity contribution in [2.75, 3.05) is 12.4 Å². The Hall–Kier alpha value is -2.02. The van der Waals surface area contributed by atoms with E-state index in [-0.39, 0.29) is 5.91 Å². The number of para-hydroxylation sites is 1. The van der Waals surface area contributed by atoms with Gasteiger partial charge in [-0.05, 0) is 31.9 Å². The van der Waals surface area contributed by atoms with Gasteiger partial charge < -0.3 is 14.6 Å². The van der Waals surface area contributed by atoms with Crippen LogP contribution in [0.4, 0.5) is 0 Å². The van der Waals surface area contributed by atoms with Crippen molar-refractivity contribution in [1.82, 2.24) is 20.1 Å². The molecular formula is C18H24N4O2S. The van der Waals surface area contributed by atoms with Crippen LogP contribution in [-0.4, -0.2) is 39.1 Å². The quantitative estimate of drug-likeness (QED) is 0.769. The van der Waals surface area contributed by atoms with Crippen LogP contribution in [0, 0.1) is 0 Å². The number of hydrogen-bond acceptors (Lipinski definition) is 5. The van der Waals surface area contributed by atoms with Crippen LogP contribution in [0.3, 0.4) is 0 Å². The first-order chi connectivity index (χ1) is 12.2. The predicted molar refractivity (Wildman–Crippen MR) is 98.7 cm³/mol. The van der Waals surface area contributed by atoms with Gasteiger partial charge in [-0.2, -0.15) is 0 Å². The zero-order valence-corrected chi connectivity index (χ0v) is 15.5. The minimum absolute atomic E-state index is 0.0659. The molecule has 3 rings (SSSR count). The van der Waals surface area contributed by atoms with Gasteiger partial charge in [0.15, 0.2) is 11.0 Å². The lowest BCUT2D eigenvalue weighted by Gasteiger charge is -2.11. The van der Waals surface area contributed by atoms with Gasteiger partial charge in [0, 0.05) is 13.1 Å². The number of carbonyl (C=O) groups excluding carboxylic acids is 1. The highest BCUT2D eigenvalue weighted by Crippen LogP contribution is 2.30. The number of thioether (sulfide) groups is 1. The summed E-state index contributed by atoms with van der Waals surface area (Å²) in [4.78, 5) is 12.1. The molecule has 1 aromatic carbocycles. The number of nitrogens with zero attached hydrogens (tertiary/aromatic N) is 3. The van der Waals surface area contributed by atoms with Crippen LogP contribution < -0.4 is 10.1 Å². The Balaban J connectivity index is 1.66. The average Bonchev–Trinajstić information content (AvgIpc) is 3.24. The molecule has 6 nitrogen and oxygen atoms in total. The predicted octanol–water partition coefficient (Wildman–Crippen LogP) is 3.03. The highest BCUT2D eigenvalue weighted by atomic mass is 32.2. The molecule has 0 saturated heterocycles. The first kappa shape index (κ1) is 17.8. The summed E-state index contributed by atoms with van der Waals surface area (Å²) in [6.45, 7) is 2.55. The lowest BCUT2D eigenvalue weighted by atomic mass is 10.2. The monoisotopic (exact) mass is 360 g/mol. The third-order valence-corrected chi connectivity index (χ3v) is 5.34. The molecule has 1 heterocycles. The molecule has 0 radical (unpaired) electrons. The number of nitrogens with one attached hydrogen (secondary N) is 1. The number of carbonyl (C=O) groups is 1. The number of hydrogen-bond donors (Lipinski definition) is 1. The van der Waals surface area contributed by atoms with Gasteiger partial charge in [-0.1, -0.05) is 36.7 Å². The molecule has 1 saturated carbocycles. The summed E-state index contributed by atoms with van der Waals surface area (Å²) in [6.07, 6.45) is 4.62. The van der Waals surface area contributed by atoms with Crippen LogP contribution in [0.1, 0.15) is 32.6 Å². The maximum atomic E-state index is 12.1. The van der Waals surface area contributed by atoms with Gasteiger partial charge in [-0.3, -0.25) is 4.79 Å². The topological polar surface area (TPSA) is 69.0 Å². The number of rotatable bonds is 7. The number of aromatic nitrogens is 3. The Bertz CT molecular complexity index is 726. The van der Waals surface area contributed by atoms with Crippen molar-refractivity contribution in [3.8, 4) is 17.1 Å². The second-order valence-corrected chi connectivity index (χ2v) is 7.07. The van der Waals surface area contributed by atoms with Crippen molar-refractivity contribution in [3.63, 3.8) is 0 Å². The highest BCUT2D eigenvalue weighted by molar-refractivity contribution is 7.99. The molecule has 134 valence electrons. The standard InChI is InChI=1S/C18H24N4O2S/c1-3-24-15-11-7-6-10-14(15)17-20-21-18(22(17)2)25-12-16(23)19-13-8-4-5-9-13/h6-7,10-11,13H,3-5,8-9,12H2,1-2H3,(H,19,23). The highest BCUT2D eigenvalue weighted by Gasteiger charge is 2.19. The number of benzene rings is 1.